The number of carbonyl (C=O) groups excluding carboxylic acids is 2. The van der Waals surface area contributed by atoms with Crippen molar-refractivity contribution in [2.45, 2.75) is 92.4 Å². The van der Waals surface area contributed by atoms with Crippen molar-refractivity contribution >= 4 is 30.7 Å². The normalized spacial score (nSPS) is 11.7. The van der Waals surface area contributed by atoms with Crippen molar-refractivity contribution in [3.63, 3.8) is 0 Å². The maximum atomic E-state index is 12.3. The van der Waals surface area contributed by atoms with Gasteiger partial charge in [-0.1, -0.05) is 0 Å². The Morgan fingerprint density at radius 1 is 0.720 bits per heavy atom. The van der Waals surface area contributed by atoms with Gasteiger partial charge in [-0.2, -0.15) is 0 Å². The molecule has 0 amide bonds. The van der Waals surface area contributed by atoms with Gasteiger partial charge in [-0.25, -0.2) is 0 Å². The first kappa shape index (κ1) is 24.5. The number of unbranched alkanes of at least 4 members (excludes halogenated alkanes) is 4. The predicted octanol–water partition coefficient (Wildman–Crippen LogP) is 5.77. The zero-order chi connectivity index (χ0) is 19.0. The van der Waals surface area contributed by atoms with Crippen LogP contribution in [-0.2, 0) is 17.4 Å². The maximum absolute atomic E-state index is 12.3. The molecular formula is C20H38O4Sn. The Bertz CT molecular complexity index is 371. The monoisotopic (exact) mass is 462 g/mol. The Morgan fingerprint density at radius 2 is 1.16 bits per heavy atom. The summed E-state index contributed by atoms with van der Waals surface area (Å²) in [5, 5.41) is 0. The zero-order valence-corrected chi connectivity index (χ0v) is 19.6. The van der Waals surface area contributed by atoms with Crippen LogP contribution in [0.3, 0.4) is 0 Å². The summed E-state index contributed by atoms with van der Waals surface area (Å²) < 4.78 is 14.4. The van der Waals surface area contributed by atoms with Gasteiger partial charge < -0.3 is 0 Å². The van der Waals surface area contributed by atoms with E-state index in [0.29, 0.717) is 6.61 Å². The fourth-order valence-corrected chi connectivity index (χ4v) is 15.7. The van der Waals surface area contributed by atoms with E-state index in [1.165, 1.54) is 12.2 Å². The molecule has 146 valence electrons. The summed E-state index contributed by atoms with van der Waals surface area (Å²) in [7, 11) is 0. The minimum atomic E-state index is -2.94. The van der Waals surface area contributed by atoms with Crippen LogP contribution in [-0.4, -0.2) is 37.3 Å². The van der Waals surface area contributed by atoms with Crippen molar-refractivity contribution in [2.75, 3.05) is 6.61 Å². The molecular weight excluding hydrogens is 423 g/mol. The van der Waals surface area contributed by atoms with Crippen LogP contribution < -0.4 is 0 Å². The third kappa shape index (κ3) is 12.5. The fraction of sp³-hybridized carbons (Fsp3) is 0.800. The van der Waals surface area contributed by atoms with Gasteiger partial charge in [-0.3, -0.25) is 0 Å². The summed E-state index contributed by atoms with van der Waals surface area (Å²) in [5.74, 6) is -0.798. The Hall–Kier alpha value is -0.521. The Kier molecular flexibility index (Phi) is 15.4. The summed E-state index contributed by atoms with van der Waals surface area (Å²) in [5.41, 5.74) is 0. The quantitative estimate of drug-likeness (QED) is 0.134. The van der Waals surface area contributed by atoms with Gasteiger partial charge in [0.25, 0.3) is 0 Å². The summed E-state index contributed by atoms with van der Waals surface area (Å²) in [6.45, 7) is 9.00. The number of hydrogen-bond donors (Lipinski definition) is 0. The van der Waals surface area contributed by atoms with E-state index < -0.39 is 24.8 Å². The average Bonchev–Trinajstić information content (AvgIpc) is 2.61. The van der Waals surface area contributed by atoms with Crippen molar-refractivity contribution in [3.8, 4) is 0 Å². The molecule has 5 heteroatoms. The molecule has 0 rings (SSSR count). The van der Waals surface area contributed by atoms with Gasteiger partial charge >= 0.3 is 159 Å². The fourth-order valence-electron chi connectivity index (χ4n) is 2.77. The van der Waals surface area contributed by atoms with E-state index in [9.17, 15) is 9.59 Å². The van der Waals surface area contributed by atoms with Crippen molar-refractivity contribution in [3.05, 3.63) is 12.2 Å². The van der Waals surface area contributed by atoms with Crippen LogP contribution in [0.1, 0.15) is 79.1 Å². The van der Waals surface area contributed by atoms with Crippen LogP contribution in [0, 0.1) is 0 Å². The van der Waals surface area contributed by atoms with Gasteiger partial charge in [0.15, 0.2) is 0 Å². The number of ether oxygens (including phenoxy) is 1. The average molecular weight is 461 g/mol. The molecule has 0 aromatic carbocycles. The Balaban J connectivity index is 4.81. The summed E-state index contributed by atoms with van der Waals surface area (Å²) >= 11 is -2.94. The Morgan fingerprint density at radius 3 is 1.60 bits per heavy atom. The SMILES string of the molecule is CCCCOC(=O)C=CC(=O)[O][Sn]([CH2]CCC)([CH2]CCC)[CH2]CCC. The standard InChI is InChI=1S/C8H12O4.3C4H9.Sn/c1-2-3-6-12-8(11)5-4-7(9)10;3*1-3-4-2;/h4-5H,2-3,6H2,1H3,(H,9,10);3*1,3-4H2,2H3;/q;;;;+1/p-1. The van der Waals surface area contributed by atoms with E-state index >= 15 is 0 Å². The molecule has 0 aromatic heterocycles. The summed E-state index contributed by atoms with van der Waals surface area (Å²) in [6, 6.07) is 0. The first-order valence-electron chi connectivity index (χ1n) is 10.1. The molecule has 0 aliphatic heterocycles. The molecule has 0 saturated carbocycles. The van der Waals surface area contributed by atoms with Crippen LogP contribution in [0.5, 0.6) is 0 Å². The van der Waals surface area contributed by atoms with E-state index in [4.69, 9.17) is 7.81 Å². The van der Waals surface area contributed by atoms with E-state index in [1.54, 1.807) is 0 Å². The second-order valence-corrected chi connectivity index (χ2v) is 18.4. The number of rotatable bonds is 15. The third-order valence-electron chi connectivity index (χ3n) is 4.37. The van der Waals surface area contributed by atoms with Crippen molar-refractivity contribution in [1.29, 1.82) is 0 Å². The van der Waals surface area contributed by atoms with Crippen molar-refractivity contribution in [2.24, 2.45) is 0 Å². The molecule has 0 atom stereocenters. The number of esters is 1. The summed E-state index contributed by atoms with van der Waals surface area (Å²) in [4.78, 5) is 23.9. The third-order valence-corrected chi connectivity index (χ3v) is 17.0. The first-order valence-corrected chi connectivity index (χ1v) is 17.3. The molecule has 0 spiro atoms. The molecule has 0 bridgehead atoms. The molecule has 0 aromatic rings. The van der Waals surface area contributed by atoms with E-state index in [2.05, 4.69) is 20.8 Å². The van der Waals surface area contributed by atoms with E-state index in [1.807, 2.05) is 6.92 Å². The topological polar surface area (TPSA) is 52.6 Å². The molecule has 4 nitrogen and oxygen atoms in total. The van der Waals surface area contributed by atoms with Crippen molar-refractivity contribution in [1.82, 2.24) is 0 Å². The number of hydrogen-bond acceptors (Lipinski definition) is 4. The van der Waals surface area contributed by atoms with Gasteiger partial charge in [-0.15, -0.1) is 0 Å². The molecule has 0 N–H and O–H groups in total. The molecule has 0 fully saturated rings. The molecule has 0 aliphatic carbocycles. The van der Waals surface area contributed by atoms with Gasteiger partial charge in [0, 0.05) is 0 Å². The molecule has 0 radical (unpaired) electrons. The number of carbonyl (C=O) groups is 2. The minimum absolute atomic E-state index is 0.341. The molecule has 0 unspecified atom stereocenters. The molecule has 0 saturated heterocycles. The predicted molar refractivity (Wildman–Crippen MR) is 106 cm³/mol. The Labute approximate surface area is 159 Å². The van der Waals surface area contributed by atoms with Gasteiger partial charge in [0.1, 0.15) is 0 Å². The second-order valence-electron chi connectivity index (χ2n) is 6.77. The van der Waals surface area contributed by atoms with Gasteiger partial charge in [-0.05, 0) is 0 Å². The van der Waals surface area contributed by atoms with Crippen molar-refractivity contribution < 1.29 is 17.4 Å². The van der Waals surface area contributed by atoms with Crippen LogP contribution in [0.15, 0.2) is 12.2 Å². The van der Waals surface area contributed by atoms with Crippen LogP contribution in [0.25, 0.3) is 0 Å². The molecule has 25 heavy (non-hydrogen) atoms. The van der Waals surface area contributed by atoms with Crippen LogP contribution >= 0.6 is 0 Å². The van der Waals surface area contributed by atoms with E-state index in [0.717, 1.165) is 64.7 Å². The molecule has 0 heterocycles. The second kappa shape index (κ2) is 15.7. The zero-order valence-electron chi connectivity index (χ0n) is 16.8. The summed E-state index contributed by atoms with van der Waals surface area (Å²) in [6.07, 6.45) is 11.1. The molecule has 0 aliphatic rings. The van der Waals surface area contributed by atoms with Crippen LogP contribution in [0.4, 0.5) is 0 Å². The van der Waals surface area contributed by atoms with Gasteiger partial charge in [0.05, 0.1) is 0 Å². The van der Waals surface area contributed by atoms with E-state index in [-0.39, 0.29) is 5.97 Å². The van der Waals surface area contributed by atoms with Gasteiger partial charge in [0.2, 0.25) is 0 Å². The van der Waals surface area contributed by atoms with Crippen LogP contribution in [0.2, 0.25) is 13.3 Å². The first-order chi connectivity index (χ1) is 12.0.